The van der Waals surface area contributed by atoms with Crippen LogP contribution >= 0.6 is 35.6 Å². The van der Waals surface area contributed by atoms with E-state index in [-0.39, 0.29) is 18.4 Å². The number of halogens is 3. The Balaban J connectivity index is 0.00000256. The number of carbonyl (C=O) groups excluding carboxylic acids is 1. The lowest BCUT2D eigenvalue weighted by molar-refractivity contribution is -0.148. The second-order valence-electron chi connectivity index (χ2n) is 3.50. The highest BCUT2D eigenvalue weighted by Crippen LogP contribution is 2.29. The third-order valence-electron chi connectivity index (χ3n) is 2.59. The van der Waals surface area contributed by atoms with E-state index in [9.17, 15) is 4.79 Å². The zero-order valence-electron chi connectivity index (χ0n) is 9.71. The van der Waals surface area contributed by atoms with Gasteiger partial charge in [-0.3, -0.25) is 0 Å². The summed E-state index contributed by atoms with van der Waals surface area (Å²) in [4.78, 5) is 11.7. The summed E-state index contributed by atoms with van der Waals surface area (Å²) in [5.74, 6) is -0.381. The Hall–Kier alpha value is -0.480. The van der Waals surface area contributed by atoms with Gasteiger partial charge in [-0.1, -0.05) is 29.3 Å². The lowest BCUT2D eigenvalue weighted by Crippen LogP contribution is -2.45. The van der Waals surface area contributed by atoms with Crippen LogP contribution in [0.1, 0.15) is 12.5 Å². The molecule has 0 aliphatic rings. The molecule has 0 amide bonds. The summed E-state index contributed by atoms with van der Waals surface area (Å²) in [6, 6.07) is 5.04. The summed E-state index contributed by atoms with van der Waals surface area (Å²) in [5.41, 5.74) is -0.223. The first-order valence-corrected chi connectivity index (χ1v) is 5.44. The molecule has 0 bridgehead atoms. The van der Waals surface area contributed by atoms with Crippen molar-refractivity contribution in [2.45, 2.75) is 12.5 Å². The number of benzene rings is 1. The maximum atomic E-state index is 11.7. The minimum absolute atomic E-state index is 0. The fraction of sp³-hybridized carbons (Fsp3) is 0.364. The van der Waals surface area contributed by atoms with Crippen molar-refractivity contribution in [1.29, 1.82) is 0 Å². The van der Waals surface area contributed by atoms with Crippen LogP contribution in [0, 0.1) is 0 Å². The van der Waals surface area contributed by atoms with Gasteiger partial charge in [0.2, 0.25) is 0 Å². The zero-order valence-corrected chi connectivity index (χ0v) is 12.0. The molecule has 3 nitrogen and oxygen atoms in total. The SMILES string of the molecule is CNC(C)(C(=O)OC)c1ccc(Cl)c(Cl)c1.Cl. The molecule has 1 unspecified atom stereocenters. The Labute approximate surface area is 117 Å². The summed E-state index contributed by atoms with van der Waals surface area (Å²) < 4.78 is 4.75. The maximum absolute atomic E-state index is 11.7. The van der Waals surface area contributed by atoms with Crippen LogP contribution in [-0.4, -0.2) is 20.1 Å². The van der Waals surface area contributed by atoms with Gasteiger partial charge in [0.05, 0.1) is 17.2 Å². The van der Waals surface area contributed by atoms with Gasteiger partial charge >= 0.3 is 5.97 Å². The number of ether oxygens (including phenoxy) is 1. The number of methoxy groups -OCH3 is 1. The predicted octanol–water partition coefficient (Wildman–Crippen LogP) is 3.02. The van der Waals surface area contributed by atoms with E-state index in [1.807, 2.05) is 0 Å². The van der Waals surface area contributed by atoms with Crippen molar-refractivity contribution in [3.05, 3.63) is 33.8 Å². The number of nitrogens with one attached hydrogen (secondary N) is 1. The van der Waals surface area contributed by atoms with Gasteiger partial charge in [0.15, 0.2) is 0 Å². The highest BCUT2D eigenvalue weighted by molar-refractivity contribution is 6.42. The third kappa shape index (κ3) is 3.26. The molecule has 6 heteroatoms. The van der Waals surface area contributed by atoms with Gasteiger partial charge < -0.3 is 10.1 Å². The minimum atomic E-state index is -0.928. The summed E-state index contributed by atoms with van der Waals surface area (Å²) in [5, 5.41) is 3.78. The Kier molecular flexibility index (Phi) is 6.27. The molecule has 1 atom stereocenters. The topological polar surface area (TPSA) is 38.3 Å². The van der Waals surface area contributed by atoms with E-state index in [1.54, 1.807) is 32.2 Å². The van der Waals surface area contributed by atoms with Crippen molar-refractivity contribution < 1.29 is 9.53 Å². The predicted molar refractivity (Wildman–Crippen MR) is 72.1 cm³/mol. The van der Waals surface area contributed by atoms with Crippen molar-refractivity contribution >= 4 is 41.6 Å². The third-order valence-corrected chi connectivity index (χ3v) is 3.33. The minimum Gasteiger partial charge on any atom is -0.467 e. The first-order valence-electron chi connectivity index (χ1n) is 4.68. The molecule has 0 aromatic heterocycles. The molecule has 0 radical (unpaired) electrons. The van der Waals surface area contributed by atoms with Crippen molar-refractivity contribution in [1.82, 2.24) is 5.32 Å². The molecular weight excluding hydrogens is 284 g/mol. The second-order valence-corrected chi connectivity index (χ2v) is 4.31. The first-order chi connectivity index (χ1) is 7.45. The van der Waals surface area contributed by atoms with Crippen LogP contribution in [0.15, 0.2) is 18.2 Å². The van der Waals surface area contributed by atoms with E-state index in [1.165, 1.54) is 7.11 Å². The van der Waals surface area contributed by atoms with E-state index >= 15 is 0 Å². The van der Waals surface area contributed by atoms with E-state index < -0.39 is 5.54 Å². The number of rotatable bonds is 3. The van der Waals surface area contributed by atoms with Crippen LogP contribution < -0.4 is 5.32 Å². The molecule has 0 spiro atoms. The quantitative estimate of drug-likeness (QED) is 0.872. The number of hydrogen-bond donors (Lipinski definition) is 1. The van der Waals surface area contributed by atoms with Crippen molar-refractivity contribution in [2.24, 2.45) is 0 Å². The number of hydrogen-bond acceptors (Lipinski definition) is 3. The Morgan fingerprint density at radius 1 is 1.35 bits per heavy atom. The molecule has 0 saturated heterocycles. The molecule has 1 aromatic rings. The van der Waals surface area contributed by atoms with Crippen LogP contribution in [0.5, 0.6) is 0 Å². The van der Waals surface area contributed by atoms with Gasteiger partial charge in [-0.05, 0) is 31.7 Å². The van der Waals surface area contributed by atoms with Gasteiger partial charge in [0, 0.05) is 0 Å². The Morgan fingerprint density at radius 3 is 2.35 bits per heavy atom. The first kappa shape index (κ1) is 16.5. The molecule has 1 N–H and O–H groups in total. The molecule has 1 aromatic carbocycles. The number of carbonyl (C=O) groups is 1. The molecular formula is C11H14Cl3NO2. The van der Waals surface area contributed by atoms with E-state index in [2.05, 4.69) is 5.32 Å². The fourth-order valence-corrected chi connectivity index (χ4v) is 1.67. The smallest absolute Gasteiger partial charge is 0.330 e. The second kappa shape index (κ2) is 6.45. The van der Waals surface area contributed by atoms with Gasteiger partial charge in [-0.2, -0.15) is 0 Å². The van der Waals surface area contributed by atoms with Gasteiger partial charge in [0.25, 0.3) is 0 Å². The normalized spacial score (nSPS) is 13.5. The molecule has 17 heavy (non-hydrogen) atoms. The van der Waals surface area contributed by atoms with E-state index in [0.29, 0.717) is 15.6 Å². The van der Waals surface area contributed by atoms with E-state index in [4.69, 9.17) is 27.9 Å². The lowest BCUT2D eigenvalue weighted by atomic mass is 9.92. The average Bonchev–Trinajstić information content (AvgIpc) is 2.30. The zero-order chi connectivity index (χ0) is 12.3. The molecule has 96 valence electrons. The molecule has 0 heterocycles. The van der Waals surface area contributed by atoms with Gasteiger partial charge in [-0.15, -0.1) is 12.4 Å². The average molecular weight is 299 g/mol. The molecule has 1 rings (SSSR count). The van der Waals surface area contributed by atoms with Crippen LogP contribution in [-0.2, 0) is 15.1 Å². The van der Waals surface area contributed by atoms with Crippen LogP contribution in [0.25, 0.3) is 0 Å². The Morgan fingerprint density at radius 2 is 1.94 bits per heavy atom. The lowest BCUT2D eigenvalue weighted by Gasteiger charge is -2.26. The molecule has 0 aliphatic heterocycles. The summed E-state index contributed by atoms with van der Waals surface area (Å²) in [7, 11) is 3.02. The van der Waals surface area contributed by atoms with Crippen molar-refractivity contribution in [3.8, 4) is 0 Å². The molecule has 0 aliphatic carbocycles. The van der Waals surface area contributed by atoms with Crippen molar-refractivity contribution in [3.63, 3.8) is 0 Å². The maximum Gasteiger partial charge on any atom is 0.330 e. The number of esters is 1. The Bertz CT molecular complexity index is 412. The van der Waals surface area contributed by atoms with Crippen LogP contribution in [0.4, 0.5) is 0 Å². The highest BCUT2D eigenvalue weighted by Gasteiger charge is 2.34. The standard InChI is InChI=1S/C11H13Cl2NO2.ClH/c1-11(14-2,10(15)16-3)7-4-5-8(12)9(13)6-7;/h4-6,14H,1-3H3;1H. The largest absolute Gasteiger partial charge is 0.467 e. The molecule has 0 saturated carbocycles. The highest BCUT2D eigenvalue weighted by atomic mass is 35.5. The van der Waals surface area contributed by atoms with Crippen LogP contribution in [0.2, 0.25) is 10.0 Å². The summed E-state index contributed by atoms with van der Waals surface area (Å²) >= 11 is 11.7. The van der Waals surface area contributed by atoms with Crippen molar-refractivity contribution in [2.75, 3.05) is 14.2 Å². The van der Waals surface area contributed by atoms with Gasteiger partial charge in [-0.25, -0.2) is 4.79 Å². The summed E-state index contributed by atoms with van der Waals surface area (Å²) in [6.45, 7) is 1.72. The van der Waals surface area contributed by atoms with Gasteiger partial charge in [0.1, 0.15) is 5.54 Å². The van der Waals surface area contributed by atoms with Crippen LogP contribution in [0.3, 0.4) is 0 Å². The number of likely N-dealkylation sites (N-methyl/N-ethyl adjacent to an activating group) is 1. The monoisotopic (exact) mass is 297 g/mol. The van der Waals surface area contributed by atoms with E-state index in [0.717, 1.165) is 0 Å². The fourth-order valence-electron chi connectivity index (χ4n) is 1.38. The molecule has 0 fully saturated rings. The summed E-state index contributed by atoms with van der Waals surface area (Å²) in [6.07, 6.45) is 0.